The molecule has 4 heterocycles. The van der Waals surface area contributed by atoms with E-state index in [2.05, 4.69) is 55.8 Å². The Labute approximate surface area is 376 Å². The Morgan fingerprint density at radius 1 is 1.02 bits per heavy atom. The molecule has 6 aromatic rings. The number of nitro benzene ring substituents is 1. The summed E-state index contributed by atoms with van der Waals surface area (Å²) in [4.78, 5) is 37.4. The maximum Gasteiger partial charge on any atom is 0.297 e. The molecule has 330 valence electrons. The maximum atomic E-state index is 14.0. The number of carbonyl (C=O) groups is 1. The molecular weight excluding hydrogens is 854 g/mol. The van der Waals surface area contributed by atoms with E-state index in [1.807, 2.05) is 48.5 Å². The van der Waals surface area contributed by atoms with Crippen molar-refractivity contribution in [1.29, 1.82) is 0 Å². The van der Waals surface area contributed by atoms with E-state index in [-0.39, 0.29) is 40.8 Å². The van der Waals surface area contributed by atoms with Crippen LogP contribution in [0.5, 0.6) is 17.2 Å². The van der Waals surface area contributed by atoms with Crippen LogP contribution in [0.1, 0.15) is 54.6 Å². The second-order valence-corrected chi connectivity index (χ2v) is 19.5. The number of hydrogen-bond donors (Lipinski definition) is 3. The molecule has 1 saturated heterocycles. The molecule has 3 N–H and O–H groups in total. The van der Waals surface area contributed by atoms with Gasteiger partial charge in [0.15, 0.2) is 11.4 Å². The Hall–Kier alpha value is -6.42. The summed E-state index contributed by atoms with van der Waals surface area (Å²) in [5.41, 5.74) is 6.29. The van der Waals surface area contributed by atoms with Gasteiger partial charge >= 0.3 is 0 Å². The summed E-state index contributed by atoms with van der Waals surface area (Å²) in [5.74, 6) is -0.536. The minimum atomic E-state index is -4.66. The average Bonchev–Trinajstić information content (AvgIpc) is 3.75. The summed E-state index contributed by atoms with van der Waals surface area (Å²) < 4.78 is 42.2. The molecule has 9 rings (SSSR count). The number of pyridine rings is 1. The van der Waals surface area contributed by atoms with Crippen molar-refractivity contribution in [2.45, 2.75) is 50.5 Å². The monoisotopic (exact) mass is 901 g/mol. The number of H-pyrrole nitrogens is 1. The number of benzene rings is 4. The van der Waals surface area contributed by atoms with Crippen molar-refractivity contribution in [3.8, 4) is 17.2 Å². The molecule has 0 spiro atoms. The highest BCUT2D eigenvalue weighted by Crippen LogP contribution is 2.44. The summed E-state index contributed by atoms with van der Waals surface area (Å²) in [6, 6.07) is 28.2. The van der Waals surface area contributed by atoms with Crippen molar-refractivity contribution in [2.24, 2.45) is 5.41 Å². The quantitative estimate of drug-likeness (QED) is 0.0790. The van der Waals surface area contributed by atoms with Gasteiger partial charge in [0.2, 0.25) is 0 Å². The lowest BCUT2D eigenvalue weighted by Gasteiger charge is -2.39. The number of carbonyl (C=O) groups excluding carboxylic acids is 1. The first-order valence-corrected chi connectivity index (χ1v) is 23.2. The Kier molecular flexibility index (Phi) is 11.8. The van der Waals surface area contributed by atoms with Gasteiger partial charge in [-0.2, -0.15) is 0 Å². The molecule has 1 aliphatic carbocycles. The normalized spacial score (nSPS) is 17.6. The second-order valence-electron chi connectivity index (χ2n) is 17.4. The van der Waals surface area contributed by atoms with Crippen molar-refractivity contribution in [1.82, 2.24) is 19.6 Å². The molecule has 1 amide bonds. The van der Waals surface area contributed by atoms with Crippen LogP contribution in [0.2, 0.25) is 5.02 Å². The van der Waals surface area contributed by atoms with E-state index in [0.29, 0.717) is 30.9 Å². The first kappa shape index (κ1) is 42.9. The lowest BCUT2D eigenvalue weighted by molar-refractivity contribution is -0.384. The van der Waals surface area contributed by atoms with Crippen LogP contribution in [-0.4, -0.2) is 79.5 Å². The average molecular weight is 902 g/mol. The smallest absolute Gasteiger partial charge is 0.297 e. The molecule has 0 unspecified atom stereocenters. The number of anilines is 2. The lowest BCUT2D eigenvalue weighted by Crippen LogP contribution is -2.47. The highest BCUT2D eigenvalue weighted by molar-refractivity contribution is 7.90. The van der Waals surface area contributed by atoms with Gasteiger partial charge < -0.3 is 24.7 Å². The molecule has 1 fully saturated rings. The van der Waals surface area contributed by atoms with Crippen molar-refractivity contribution in [3.05, 3.63) is 147 Å². The second kappa shape index (κ2) is 17.6. The number of nitro groups is 1. The number of piperazine rings is 1. The number of sulfonamides is 1. The van der Waals surface area contributed by atoms with E-state index >= 15 is 0 Å². The van der Waals surface area contributed by atoms with Crippen LogP contribution in [0.15, 0.2) is 120 Å². The van der Waals surface area contributed by atoms with Gasteiger partial charge in [-0.1, -0.05) is 73.5 Å². The summed E-state index contributed by atoms with van der Waals surface area (Å²) in [5, 5.41) is 17.0. The van der Waals surface area contributed by atoms with Gasteiger partial charge in [-0.05, 0) is 84.2 Å². The first-order valence-electron chi connectivity index (χ1n) is 21.3. The molecule has 0 saturated carbocycles. The van der Waals surface area contributed by atoms with Crippen LogP contribution in [0, 0.1) is 15.5 Å². The molecule has 3 aliphatic rings. The van der Waals surface area contributed by atoms with Crippen LogP contribution in [0.3, 0.4) is 0 Å². The summed E-state index contributed by atoms with van der Waals surface area (Å²) >= 11 is 6.25. The van der Waals surface area contributed by atoms with Crippen LogP contribution < -0.4 is 24.4 Å². The molecule has 14 nitrogen and oxygen atoms in total. The lowest BCUT2D eigenvalue weighted by atomic mass is 9.72. The number of nitrogens with zero attached hydrogens (tertiary/aromatic N) is 4. The number of amides is 1. The van der Waals surface area contributed by atoms with E-state index < -0.39 is 31.4 Å². The summed E-state index contributed by atoms with van der Waals surface area (Å²) in [6.07, 6.45) is 6.99. The van der Waals surface area contributed by atoms with Crippen molar-refractivity contribution in [2.75, 3.05) is 49.5 Å². The Bertz CT molecular complexity index is 2880. The maximum absolute atomic E-state index is 14.0. The van der Waals surface area contributed by atoms with Gasteiger partial charge in [0.05, 0.1) is 27.6 Å². The standard InChI is InChI=1S/C48H48ClN7O7S/c1-48(2)16-14-34(41(27-48)32-8-10-35(49)11-9-32)29-54-18-20-55(21-19-54)37-12-13-40(43(24-37)63-38-23-33-15-17-50-46(33)51-28-38)47(57)53-64(60,61)39-25-42(56(58)59)45-44(26-39)62-30-36(52-45)22-31-6-4-3-5-7-31/h3-13,15,17,23-26,28,36,52H,14,16,18-22,27,29-30H2,1-2H3,(H,50,51)(H,53,57)/t36-/m0/s1. The van der Waals surface area contributed by atoms with E-state index in [1.54, 1.807) is 24.4 Å². The number of aromatic nitrogens is 2. The van der Waals surface area contributed by atoms with E-state index in [1.165, 1.54) is 35.0 Å². The zero-order valence-electron chi connectivity index (χ0n) is 35.5. The zero-order valence-corrected chi connectivity index (χ0v) is 37.0. The topological polar surface area (TPSA) is 172 Å². The van der Waals surface area contributed by atoms with Gasteiger partial charge in [0, 0.05) is 73.2 Å². The molecule has 64 heavy (non-hydrogen) atoms. The van der Waals surface area contributed by atoms with Crippen LogP contribution in [-0.2, 0) is 16.4 Å². The van der Waals surface area contributed by atoms with E-state index in [0.717, 1.165) is 66.6 Å². The van der Waals surface area contributed by atoms with Crippen LogP contribution in [0.25, 0.3) is 16.6 Å². The predicted octanol–water partition coefficient (Wildman–Crippen LogP) is 9.24. The van der Waals surface area contributed by atoms with Crippen LogP contribution in [0.4, 0.5) is 17.1 Å². The molecule has 4 aromatic carbocycles. The van der Waals surface area contributed by atoms with Crippen molar-refractivity contribution in [3.63, 3.8) is 0 Å². The minimum Gasteiger partial charge on any atom is -0.489 e. The number of nitrogens with one attached hydrogen (secondary N) is 3. The fraction of sp³-hybridized carbons (Fsp3) is 0.292. The molecule has 16 heteroatoms. The minimum absolute atomic E-state index is 0.00568. The fourth-order valence-electron chi connectivity index (χ4n) is 8.80. The van der Waals surface area contributed by atoms with Crippen LogP contribution >= 0.6 is 11.6 Å². The number of halogens is 1. The number of hydrogen-bond acceptors (Lipinski definition) is 11. The zero-order chi connectivity index (χ0) is 44.6. The number of fused-ring (bicyclic) bond motifs is 2. The fourth-order valence-corrected chi connectivity index (χ4v) is 9.92. The van der Waals surface area contributed by atoms with Gasteiger partial charge in [-0.3, -0.25) is 19.8 Å². The first-order chi connectivity index (χ1) is 30.8. The Morgan fingerprint density at radius 2 is 1.80 bits per heavy atom. The highest BCUT2D eigenvalue weighted by atomic mass is 35.5. The van der Waals surface area contributed by atoms with Crippen molar-refractivity contribution >= 4 is 61.2 Å². The molecule has 0 radical (unpaired) electrons. The van der Waals surface area contributed by atoms with E-state index in [9.17, 15) is 23.3 Å². The summed E-state index contributed by atoms with van der Waals surface area (Å²) in [7, 11) is -4.66. The van der Waals surface area contributed by atoms with Gasteiger partial charge in [0.25, 0.3) is 21.6 Å². The molecule has 2 aliphatic heterocycles. The van der Waals surface area contributed by atoms with Gasteiger partial charge in [-0.15, -0.1) is 0 Å². The van der Waals surface area contributed by atoms with Gasteiger partial charge in [-0.25, -0.2) is 18.1 Å². The highest BCUT2D eigenvalue weighted by Gasteiger charge is 2.33. The largest absolute Gasteiger partial charge is 0.489 e. The van der Waals surface area contributed by atoms with Gasteiger partial charge in [0.1, 0.15) is 23.8 Å². The van der Waals surface area contributed by atoms with Crippen molar-refractivity contribution < 1.29 is 27.6 Å². The third kappa shape index (κ3) is 9.42. The third-order valence-corrected chi connectivity index (χ3v) is 13.8. The SMILES string of the molecule is CC1(C)CCC(CN2CCN(c3ccc(C(=O)NS(=O)(=O)c4cc5c(c([N+](=O)[O-])c4)N[C@@H](Cc4ccccc4)CO5)c(Oc4cnc5[nH]ccc5c4)c3)CC2)=C(c2ccc(Cl)cc2)C1. The molecule has 0 bridgehead atoms. The number of aromatic amines is 1. The predicted molar refractivity (Wildman–Crippen MR) is 248 cm³/mol. The summed E-state index contributed by atoms with van der Waals surface area (Å²) in [6.45, 7) is 8.73. The molecular formula is C48H48ClN7O7S. The number of rotatable bonds is 12. The Morgan fingerprint density at radius 3 is 2.56 bits per heavy atom. The molecule has 1 atom stereocenters. The Balaban J connectivity index is 0.945. The number of ether oxygens (including phenoxy) is 2. The van der Waals surface area contributed by atoms with E-state index in [4.69, 9.17) is 21.1 Å². The third-order valence-electron chi connectivity index (χ3n) is 12.2. The molecule has 2 aromatic heterocycles. The number of allylic oxidation sites excluding steroid dienone is 1.